The predicted octanol–water partition coefficient (Wildman–Crippen LogP) is 3.96. The number of amides is 1. The monoisotopic (exact) mass is 398 g/mol. The van der Waals surface area contributed by atoms with Gasteiger partial charge in [-0.25, -0.2) is 4.98 Å². The number of carbonyl (C=O) groups excluding carboxylic acids is 1. The molecule has 1 N–H and O–H groups in total. The highest BCUT2D eigenvalue weighted by Crippen LogP contribution is 2.20. The number of nitrogens with zero attached hydrogens (tertiary/aromatic N) is 3. The van der Waals surface area contributed by atoms with Gasteiger partial charge in [0.25, 0.3) is 11.5 Å². The summed E-state index contributed by atoms with van der Waals surface area (Å²) in [4.78, 5) is 39.1. The van der Waals surface area contributed by atoms with Crippen molar-refractivity contribution in [2.75, 3.05) is 6.54 Å². The van der Waals surface area contributed by atoms with Crippen LogP contribution >= 0.6 is 0 Å². The molecule has 2 aromatic heterocycles. The van der Waals surface area contributed by atoms with E-state index >= 15 is 0 Å². The van der Waals surface area contributed by atoms with Gasteiger partial charge in [0, 0.05) is 12.1 Å². The molecule has 6 heteroatoms. The van der Waals surface area contributed by atoms with E-state index in [0.29, 0.717) is 34.5 Å². The minimum absolute atomic E-state index is 0.141. The van der Waals surface area contributed by atoms with Crippen LogP contribution in [0, 0.1) is 6.92 Å². The van der Waals surface area contributed by atoms with Gasteiger partial charge < -0.3 is 9.88 Å². The maximum atomic E-state index is 13.2. The summed E-state index contributed by atoms with van der Waals surface area (Å²) in [5.74, 6) is 0.318. The van der Waals surface area contributed by atoms with Gasteiger partial charge in [0.05, 0.1) is 34.4 Å². The molecule has 4 rings (SSSR count). The first-order chi connectivity index (χ1) is 14.6. The van der Waals surface area contributed by atoms with Crippen LogP contribution < -0.4 is 5.56 Å². The molecule has 30 heavy (non-hydrogen) atoms. The van der Waals surface area contributed by atoms with Gasteiger partial charge in [0.2, 0.25) is 0 Å². The number of rotatable bonds is 5. The van der Waals surface area contributed by atoms with Gasteiger partial charge in [-0.1, -0.05) is 42.5 Å². The molecule has 0 atom stereocenters. The Balaban J connectivity index is 1.61. The highest BCUT2D eigenvalue weighted by atomic mass is 16.2. The largest absolute Gasteiger partial charge is 0.331 e. The minimum atomic E-state index is -0.204. The van der Waals surface area contributed by atoms with Gasteiger partial charge >= 0.3 is 0 Å². The van der Waals surface area contributed by atoms with Crippen molar-refractivity contribution in [3.63, 3.8) is 0 Å². The molecule has 1 amide bonds. The van der Waals surface area contributed by atoms with Crippen molar-refractivity contribution in [3.8, 4) is 11.3 Å². The van der Waals surface area contributed by atoms with Crippen LogP contribution in [0.25, 0.3) is 22.2 Å². The van der Waals surface area contributed by atoms with Crippen molar-refractivity contribution < 1.29 is 4.79 Å². The van der Waals surface area contributed by atoms with Crippen LogP contribution in [0.15, 0.2) is 71.5 Å². The SMILES string of the molecule is CCN(Cc1nc2ccccc2c(=O)[nH]1)C(=O)c1ccc(-c2ccccc2)nc1C. The first-order valence-electron chi connectivity index (χ1n) is 9.87. The van der Waals surface area contributed by atoms with Gasteiger partial charge in [-0.2, -0.15) is 0 Å². The van der Waals surface area contributed by atoms with Crippen LogP contribution in [0.1, 0.15) is 28.8 Å². The van der Waals surface area contributed by atoms with E-state index in [-0.39, 0.29) is 18.0 Å². The number of aryl methyl sites for hydroxylation is 1. The van der Waals surface area contributed by atoms with Crippen LogP contribution in [0.4, 0.5) is 0 Å². The number of aromatic amines is 1. The second kappa shape index (κ2) is 8.29. The summed E-state index contributed by atoms with van der Waals surface area (Å²) in [5.41, 5.74) is 3.45. The summed E-state index contributed by atoms with van der Waals surface area (Å²) in [5, 5.41) is 0.534. The number of fused-ring (bicyclic) bond motifs is 1. The van der Waals surface area contributed by atoms with Gasteiger partial charge in [-0.3, -0.25) is 14.6 Å². The molecule has 0 saturated carbocycles. The van der Waals surface area contributed by atoms with E-state index in [0.717, 1.165) is 11.3 Å². The summed E-state index contributed by atoms with van der Waals surface area (Å²) in [6.07, 6.45) is 0. The fraction of sp³-hybridized carbons (Fsp3) is 0.167. The number of aromatic nitrogens is 3. The highest BCUT2D eigenvalue weighted by molar-refractivity contribution is 5.95. The first kappa shape index (κ1) is 19.5. The molecule has 0 bridgehead atoms. The van der Waals surface area contributed by atoms with Crippen molar-refractivity contribution in [1.82, 2.24) is 19.9 Å². The van der Waals surface area contributed by atoms with Gasteiger partial charge in [-0.15, -0.1) is 0 Å². The molecule has 2 aromatic carbocycles. The molecule has 0 spiro atoms. The molecule has 0 saturated heterocycles. The van der Waals surface area contributed by atoms with E-state index in [1.165, 1.54) is 0 Å². The lowest BCUT2D eigenvalue weighted by Crippen LogP contribution is -2.32. The molecule has 0 aliphatic carbocycles. The van der Waals surface area contributed by atoms with Crippen LogP contribution in [0.3, 0.4) is 0 Å². The number of carbonyl (C=O) groups is 1. The van der Waals surface area contributed by atoms with Gasteiger partial charge in [0.15, 0.2) is 0 Å². The Hall–Kier alpha value is -3.80. The number of pyridine rings is 1. The second-order valence-electron chi connectivity index (χ2n) is 7.04. The Labute approximate surface area is 174 Å². The van der Waals surface area contributed by atoms with E-state index in [2.05, 4.69) is 15.0 Å². The van der Waals surface area contributed by atoms with E-state index in [1.807, 2.05) is 62.4 Å². The van der Waals surface area contributed by atoms with E-state index < -0.39 is 0 Å². The second-order valence-corrected chi connectivity index (χ2v) is 7.04. The predicted molar refractivity (Wildman–Crippen MR) is 117 cm³/mol. The molecule has 2 heterocycles. The fourth-order valence-corrected chi connectivity index (χ4v) is 3.44. The van der Waals surface area contributed by atoms with Crippen LogP contribution in [0.2, 0.25) is 0 Å². The van der Waals surface area contributed by atoms with Crippen molar-refractivity contribution in [3.05, 3.63) is 94.2 Å². The van der Waals surface area contributed by atoms with E-state index in [1.54, 1.807) is 23.1 Å². The molecule has 150 valence electrons. The number of benzene rings is 2. The lowest BCUT2D eigenvalue weighted by atomic mass is 10.1. The van der Waals surface area contributed by atoms with Crippen molar-refractivity contribution in [2.24, 2.45) is 0 Å². The molecule has 0 aliphatic rings. The quantitative estimate of drug-likeness (QED) is 0.552. The van der Waals surface area contributed by atoms with Crippen LogP contribution in [0.5, 0.6) is 0 Å². The van der Waals surface area contributed by atoms with E-state index in [9.17, 15) is 9.59 Å². The number of hydrogen-bond acceptors (Lipinski definition) is 4. The molecule has 0 unspecified atom stereocenters. The Bertz CT molecular complexity index is 1270. The molecule has 6 nitrogen and oxygen atoms in total. The molecular formula is C24H22N4O2. The lowest BCUT2D eigenvalue weighted by molar-refractivity contribution is 0.0747. The summed E-state index contributed by atoms with van der Waals surface area (Å²) >= 11 is 0. The smallest absolute Gasteiger partial charge is 0.258 e. The number of hydrogen-bond donors (Lipinski definition) is 1. The fourth-order valence-electron chi connectivity index (χ4n) is 3.44. The number of H-pyrrole nitrogens is 1. The molecule has 0 fully saturated rings. The van der Waals surface area contributed by atoms with Crippen LogP contribution in [-0.2, 0) is 6.54 Å². The zero-order valence-electron chi connectivity index (χ0n) is 16.9. The zero-order chi connectivity index (χ0) is 21.1. The number of nitrogens with one attached hydrogen (secondary N) is 1. The minimum Gasteiger partial charge on any atom is -0.331 e. The van der Waals surface area contributed by atoms with Crippen molar-refractivity contribution in [2.45, 2.75) is 20.4 Å². The average molecular weight is 398 g/mol. The average Bonchev–Trinajstić information content (AvgIpc) is 2.77. The van der Waals surface area contributed by atoms with Crippen molar-refractivity contribution in [1.29, 1.82) is 0 Å². The third-order valence-electron chi connectivity index (χ3n) is 5.06. The maximum Gasteiger partial charge on any atom is 0.258 e. The molecule has 0 radical (unpaired) electrons. The zero-order valence-corrected chi connectivity index (χ0v) is 16.9. The summed E-state index contributed by atoms with van der Waals surface area (Å²) in [6, 6.07) is 20.7. The Morgan fingerprint density at radius 3 is 2.43 bits per heavy atom. The third kappa shape index (κ3) is 3.85. The molecule has 4 aromatic rings. The lowest BCUT2D eigenvalue weighted by Gasteiger charge is -2.21. The van der Waals surface area contributed by atoms with E-state index in [4.69, 9.17) is 0 Å². The molecule has 0 aliphatic heterocycles. The maximum absolute atomic E-state index is 13.2. The standard InChI is InChI=1S/C24H22N4O2/c1-3-28(15-22-26-21-12-8-7-11-19(21)23(29)27-22)24(30)18-13-14-20(25-16(18)2)17-9-5-4-6-10-17/h4-14H,3,15H2,1-2H3,(H,26,27,29). The van der Waals surface area contributed by atoms with Crippen LogP contribution in [-0.4, -0.2) is 32.3 Å². The number of para-hydroxylation sites is 1. The summed E-state index contributed by atoms with van der Waals surface area (Å²) in [7, 11) is 0. The third-order valence-corrected chi connectivity index (χ3v) is 5.06. The summed E-state index contributed by atoms with van der Waals surface area (Å²) < 4.78 is 0. The first-order valence-corrected chi connectivity index (χ1v) is 9.87. The Kier molecular flexibility index (Phi) is 5.39. The normalized spacial score (nSPS) is 10.9. The summed E-state index contributed by atoms with van der Waals surface area (Å²) in [6.45, 7) is 4.44. The van der Waals surface area contributed by atoms with Gasteiger partial charge in [-0.05, 0) is 38.1 Å². The topological polar surface area (TPSA) is 79.0 Å². The Morgan fingerprint density at radius 2 is 1.70 bits per heavy atom. The van der Waals surface area contributed by atoms with Crippen molar-refractivity contribution >= 4 is 16.8 Å². The molecular weight excluding hydrogens is 376 g/mol. The highest BCUT2D eigenvalue weighted by Gasteiger charge is 2.19. The van der Waals surface area contributed by atoms with Gasteiger partial charge in [0.1, 0.15) is 5.82 Å². The Morgan fingerprint density at radius 1 is 0.967 bits per heavy atom.